The van der Waals surface area contributed by atoms with Gasteiger partial charge in [0, 0.05) is 5.92 Å². The molecule has 0 spiro atoms. The summed E-state index contributed by atoms with van der Waals surface area (Å²) >= 11 is 0. The van der Waals surface area contributed by atoms with E-state index in [1.165, 1.54) is 19.3 Å². The molecule has 13 heavy (non-hydrogen) atoms. The first-order valence-electron chi connectivity index (χ1n) is 5.19. The van der Waals surface area contributed by atoms with E-state index in [0.717, 1.165) is 0 Å². The Hall–Kier alpha value is -0.790. The van der Waals surface area contributed by atoms with Gasteiger partial charge in [-0.2, -0.15) is 0 Å². The first-order valence-corrected chi connectivity index (χ1v) is 5.19. The predicted molar refractivity (Wildman–Crippen MR) is 50.1 cm³/mol. The Morgan fingerprint density at radius 3 is 3.15 bits per heavy atom. The standard InChI is InChI=1S/C11H16O2/c1-2-3-4-8-5-6-10-9(8)7-11(12)13-10/h5-6,8-10H,2-4,7H2,1H3/t8-,9-,10+/m1/s1. The number of unbranched alkanes of at least 4 members (excludes halogenated alkanes) is 1. The average molecular weight is 180 g/mol. The SMILES string of the molecule is CCCC[C@@H]1C=C[C@@H]2OC(=O)C[C@@H]21. The molecule has 1 aliphatic carbocycles. The summed E-state index contributed by atoms with van der Waals surface area (Å²) < 4.78 is 5.17. The van der Waals surface area contributed by atoms with Gasteiger partial charge in [-0.1, -0.05) is 25.8 Å². The van der Waals surface area contributed by atoms with Gasteiger partial charge < -0.3 is 4.74 Å². The molecule has 1 heterocycles. The summed E-state index contributed by atoms with van der Waals surface area (Å²) in [7, 11) is 0. The van der Waals surface area contributed by atoms with Gasteiger partial charge in [-0.05, 0) is 18.4 Å². The molecular weight excluding hydrogens is 164 g/mol. The Balaban J connectivity index is 1.93. The molecule has 2 aliphatic rings. The maximum atomic E-state index is 11.0. The molecule has 0 bridgehead atoms. The van der Waals surface area contributed by atoms with Crippen molar-refractivity contribution in [2.24, 2.45) is 11.8 Å². The molecule has 1 aliphatic heterocycles. The molecule has 2 nitrogen and oxygen atoms in total. The third-order valence-corrected chi connectivity index (χ3v) is 3.08. The summed E-state index contributed by atoms with van der Waals surface area (Å²) in [5.41, 5.74) is 0. The molecule has 0 N–H and O–H groups in total. The summed E-state index contributed by atoms with van der Waals surface area (Å²) in [5, 5.41) is 0. The number of allylic oxidation sites excluding steroid dienone is 1. The molecule has 0 radical (unpaired) electrons. The summed E-state index contributed by atoms with van der Waals surface area (Å²) in [5.74, 6) is 1.04. The van der Waals surface area contributed by atoms with Gasteiger partial charge in [0.1, 0.15) is 6.10 Å². The number of fused-ring (bicyclic) bond motifs is 1. The third kappa shape index (κ3) is 1.62. The van der Waals surface area contributed by atoms with Crippen LogP contribution in [0.25, 0.3) is 0 Å². The van der Waals surface area contributed by atoms with Crippen molar-refractivity contribution in [2.75, 3.05) is 0 Å². The van der Waals surface area contributed by atoms with Crippen LogP contribution < -0.4 is 0 Å². The predicted octanol–water partition coefficient (Wildman–Crippen LogP) is 2.29. The highest BCUT2D eigenvalue weighted by molar-refractivity contribution is 5.73. The van der Waals surface area contributed by atoms with E-state index in [9.17, 15) is 4.79 Å². The van der Waals surface area contributed by atoms with Crippen molar-refractivity contribution in [3.63, 3.8) is 0 Å². The Morgan fingerprint density at radius 2 is 2.38 bits per heavy atom. The third-order valence-electron chi connectivity index (χ3n) is 3.08. The minimum atomic E-state index is -0.0131. The summed E-state index contributed by atoms with van der Waals surface area (Å²) in [6.45, 7) is 2.20. The molecule has 0 aromatic rings. The quantitative estimate of drug-likeness (QED) is 0.492. The Morgan fingerprint density at radius 1 is 1.54 bits per heavy atom. The van der Waals surface area contributed by atoms with E-state index < -0.39 is 0 Å². The van der Waals surface area contributed by atoms with E-state index in [1.807, 2.05) is 0 Å². The number of hydrogen-bond acceptors (Lipinski definition) is 2. The van der Waals surface area contributed by atoms with Gasteiger partial charge in [-0.3, -0.25) is 4.79 Å². The van der Waals surface area contributed by atoms with Gasteiger partial charge >= 0.3 is 5.97 Å². The summed E-state index contributed by atoms with van der Waals surface area (Å²) in [6, 6.07) is 0. The van der Waals surface area contributed by atoms with Crippen LogP contribution in [-0.2, 0) is 9.53 Å². The second-order valence-corrected chi connectivity index (χ2v) is 4.01. The zero-order chi connectivity index (χ0) is 9.26. The molecule has 1 fully saturated rings. The largest absolute Gasteiger partial charge is 0.458 e. The van der Waals surface area contributed by atoms with Crippen LogP contribution in [0.3, 0.4) is 0 Å². The molecule has 72 valence electrons. The number of ether oxygens (including phenoxy) is 1. The summed E-state index contributed by atoms with van der Waals surface area (Å²) in [4.78, 5) is 11.0. The van der Waals surface area contributed by atoms with E-state index >= 15 is 0 Å². The van der Waals surface area contributed by atoms with Crippen molar-refractivity contribution in [3.8, 4) is 0 Å². The van der Waals surface area contributed by atoms with Gasteiger partial charge in [-0.25, -0.2) is 0 Å². The number of hydrogen-bond donors (Lipinski definition) is 0. The van der Waals surface area contributed by atoms with Crippen LogP contribution >= 0.6 is 0 Å². The molecular formula is C11H16O2. The van der Waals surface area contributed by atoms with Crippen LogP contribution in [0, 0.1) is 11.8 Å². The van der Waals surface area contributed by atoms with Crippen LogP contribution in [0.5, 0.6) is 0 Å². The molecule has 1 saturated heterocycles. The van der Waals surface area contributed by atoms with Gasteiger partial charge in [0.15, 0.2) is 0 Å². The second-order valence-electron chi connectivity index (χ2n) is 4.01. The first kappa shape index (κ1) is 8.79. The minimum Gasteiger partial charge on any atom is -0.458 e. The van der Waals surface area contributed by atoms with Crippen molar-refractivity contribution in [1.82, 2.24) is 0 Å². The van der Waals surface area contributed by atoms with Gasteiger partial charge in [0.25, 0.3) is 0 Å². The maximum Gasteiger partial charge on any atom is 0.306 e. The summed E-state index contributed by atoms with van der Waals surface area (Å²) in [6.07, 6.45) is 8.74. The van der Waals surface area contributed by atoms with Crippen LogP contribution in [0.1, 0.15) is 32.6 Å². The number of esters is 1. The van der Waals surface area contributed by atoms with Crippen LogP contribution in [0.2, 0.25) is 0 Å². The van der Waals surface area contributed by atoms with E-state index in [0.29, 0.717) is 18.3 Å². The molecule has 2 rings (SSSR count). The van der Waals surface area contributed by atoms with Crippen molar-refractivity contribution in [1.29, 1.82) is 0 Å². The molecule has 0 unspecified atom stereocenters. The van der Waals surface area contributed by atoms with E-state index in [-0.39, 0.29) is 12.1 Å². The van der Waals surface area contributed by atoms with Crippen molar-refractivity contribution < 1.29 is 9.53 Å². The lowest BCUT2D eigenvalue weighted by Gasteiger charge is -2.14. The minimum absolute atomic E-state index is 0.0131. The highest BCUT2D eigenvalue weighted by atomic mass is 16.5. The molecule has 0 aromatic heterocycles. The zero-order valence-corrected chi connectivity index (χ0v) is 8.03. The normalized spacial score (nSPS) is 36.4. The van der Waals surface area contributed by atoms with Crippen molar-refractivity contribution >= 4 is 5.97 Å². The fraction of sp³-hybridized carbons (Fsp3) is 0.727. The highest BCUT2D eigenvalue weighted by Crippen LogP contribution is 2.38. The molecule has 0 amide bonds. The number of carbonyl (C=O) groups is 1. The van der Waals surface area contributed by atoms with E-state index in [4.69, 9.17) is 4.74 Å². The van der Waals surface area contributed by atoms with Gasteiger partial charge in [0.2, 0.25) is 0 Å². The molecule has 2 heteroatoms. The van der Waals surface area contributed by atoms with E-state index in [2.05, 4.69) is 19.1 Å². The lowest BCUT2D eigenvalue weighted by molar-refractivity contribution is -0.140. The van der Waals surface area contributed by atoms with Gasteiger partial charge in [0.05, 0.1) is 6.42 Å². The monoisotopic (exact) mass is 180 g/mol. The first-order chi connectivity index (χ1) is 6.31. The van der Waals surface area contributed by atoms with Crippen LogP contribution in [0.15, 0.2) is 12.2 Å². The Kier molecular flexibility index (Phi) is 2.38. The Bertz CT molecular complexity index is 232. The fourth-order valence-corrected chi connectivity index (χ4v) is 2.32. The highest BCUT2D eigenvalue weighted by Gasteiger charge is 2.40. The van der Waals surface area contributed by atoms with Crippen LogP contribution in [-0.4, -0.2) is 12.1 Å². The van der Waals surface area contributed by atoms with Crippen molar-refractivity contribution in [2.45, 2.75) is 38.7 Å². The second kappa shape index (κ2) is 3.52. The molecule has 0 aromatic carbocycles. The maximum absolute atomic E-state index is 11.0. The zero-order valence-electron chi connectivity index (χ0n) is 8.03. The topological polar surface area (TPSA) is 26.3 Å². The Labute approximate surface area is 79.0 Å². The number of rotatable bonds is 3. The fourth-order valence-electron chi connectivity index (χ4n) is 2.32. The molecule has 0 saturated carbocycles. The van der Waals surface area contributed by atoms with Crippen molar-refractivity contribution in [3.05, 3.63) is 12.2 Å². The van der Waals surface area contributed by atoms with Gasteiger partial charge in [-0.15, -0.1) is 0 Å². The van der Waals surface area contributed by atoms with E-state index in [1.54, 1.807) is 0 Å². The average Bonchev–Trinajstić information content (AvgIpc) is 2.61. The lowest BCUT2D eigenvalue weighted by atomic mass is 9.89. The number of carbonyl (C=O) groups excluding carboxylic acids is 1. The van der Waals surface area contributed by atoms with Crippen LogP contribution in [0.4, 0.5) is 0 Å². The molecule has 3 atom stereocenters. The lowest BCUT2D eigenvalue weighted by Crippen LogP contribution is -2.14. The smallest absolute Gasteiger partial charge is 0.306 e.